The molecule has 0 spiro atoms. The lowest BCUT2D eigenvalue weighted by atomic mass is 9.91. The van der Waals surface area contributed by atoms with Gasteiger partial charge in [-0.2, -0.15) is 5.10 Å². The number of carbonyl (C=O) groups is 2. The first-order valence-corrected chi connectivity index (χ1v) is 8.15. The average molecular weight is 320 g/mol. The lowest BCUT2D eigenvalue weighted by molar-refractivity contribution is -0.134. The molecule has 3 rings (SSSR count). The van der Waals surface area contributed by atoms with Crippen LogP contribution in [-0.4, -0.2) is 70.8 Å². The van der Waals surface area contributed by atoms with E-state index in [9.17, 15) is 9.59 Å². The first kappa shape index (κ1) is 16.0. The molecule has 2 atom stereocenters. The highest BCUT2D eigenvalue weighted by atomic mass is 16.5. The zero-order valence-electron chi connectivity index (χ0n) is 13.9. The number of hydrogen-bond donors (Lipinski definition) is 0. The van der Waals surface area contributed by atoms with Crippen LogP contribution in [0.2, 0.25) is 0 Å². The van der Waals surface area contributed by atoms with Gasteiger partial charge in [-0.3, -0.25) is 14.3 Å². The van der Waals surface area contributed by atoms with Crippen molar-refractivity contribution in [2.24, 2.45) is 5.92 Å². The summed E-state index contributed by atoms with van der Waals surface area (Å²) in [6, 6.07) is 2.01. The van der Waals surface area contributed by atoms with Crippen LogP contribution in [-0.2, 0) is 9.53 Å². The third kappa shape index (κ3) is 3.10. The molecular formula is C16H24N4O3. The second kappa shape index (κ2) is 6.31. The molecule has 7 nitrogen and oxygen atoms in total. The largest absolute Gasteiger partial charge is 0.371 e. The van der Waals surface area contributed by atoms with E-state index in [0.29, 0.717) is 31.3 Å². The Bertz CT molecular complexity index is 598. The normalized spacial score (nSPS) is 25.5. The number of hydrogen-bond acceptors (Lipinski definition) is 4. The van der Waals surface area contributed by atoms with Gasteiger partial charge >= 0.3 is 0 Å². The maximum atomic E-state index is 12.7. The summed E-state index contributed by atoms with van der Waals surface area (Å²) >= 11 is 0. The topological polar surface area (TPSA) is 67.7 Å². The minimum Gasteiger partial charge on any atom is -0.371 e. The minimum absolute atomic E-state index is 0.0177. The third-order valence-corrected chi connectivity index (χ3v) is 4.81. The molecule has 3 heterocycles. The molecular weight excluding hydrogens is 296 g/mol. The molecule has 0 radical (unpaired) electrons. The van der Waals surface area contributed by atoms with Crippen LogP contribution in [0.1, 0.15) is 36.8 Å². The highest BCUT2D eigenvalue weighted by molar-refractivity contribution is 5.92. The van der Waals surface area contributed by atoms with E-state index in [0.717, 1.165) is 6.42 Å². The molecule has 23 heavy (non-hydrogen) atoms. The zero-order valence-corrected chi connectivity index (χ0v) is 13.9. The van der Waals surface area contributed by atoms with Crippen molar-refractivity contribution in [2.45, 2.75) is 32.4 Å². The molecule has 1 aromatic heterocycles. The Morgan fingerprint density at radius 2 is 2.22 bits per heavy atom. The maximum absolute atomic E-state index is 12.7. The number of nitrogens with zero attached hydrogens (tertiary/aromatic N) is 4. The summed E-state index contributed by atoms with van der Waals surface area (Å²) in [5.41, 5.74) is 0.469. The summed E-state index contributed by atoms with van der Waals surface area (Å²) in [5, 5.41) is 4.36. The number of carbonyl (C=O) groups excluding carboxylic acids is 2. The first-order valence-electron chi connectivity index (χ1n) is 8.15. The summed E-state index contributed by atoms with van der Waals surface area (Å²) in [7, 11) is 1.80. The van der Waals surface area contributed by atoms with Crippen molar-refractivity contribution in [1.29, 1.82) is 0 Å². The van der Waals surface area contributed by atoms with E-state index in [1.807, 2.05) is 24.9 Å². The van der Waals surface area contributed by atoms with Crippen molar-refractivity contribution in [3.8, 4) is 0 Å². The fourth-order valence-electron chi connectivity index (χ4n) is 3.28. The van der Waals surface area contributed by atoms with Crippen molar-refractivity contribution in [3.05, 3.63) is 18.0 Å². The van der Waals surface area contributed by atoms with Gasteiger partial charge in [0.15, 0.2) is 0 Å². The fourth-order valence-corrected chi connectivity index (χ4v) is 3.28. The standard InChI is InChI=1S/C16H24N4O3/c1-11(2)20-7-5-13(17-20)16(22)19-6-4-12-9-23-10-15(21)18(3)14(12)8-19/h5,7,11-12,14H,4,6,8-10H2,1-3H3/t12-,14-/m0/s1. The lowest BCUT2D eigenvalue weighted by Gasteiger charge is -2.40. The van der Waals surface area contributed by atoms with Crippen molar-refractivity contribution in [3.63, 3.8) is 0 Å². The third-order valence-electron chi connectivity index (χ3n) is 4.81. The summed E-state index contributed by atoms with van der Waals surface area (Å²) in [5.74, 6) is 0.216. The van der Waals surface area contributed by atoms with Gasteiger partial charge in [-0.05, 0) is 26.3 Å². The van der Waals surface area contributed by atoms with E-state index >= 15 is 0 Å². The quantitative estimate of drug-likeness (QED) is 0.808. The predicted molar refractivity (Wildman–Crippen MR) is 84.0 cm³/mol. The van der Waals surface area contributed by atoms with E-state index in [4.69, 9.17) is 4.74 Å². The molecule has 7 heteroatoms. The smallest absolute Gasteiger partial charge is 0.274 e. The van der Waals surface area contributed by atoms with Gasteiger partial charge in [0, 0.05) is 38.3 Å². The molecule has 0 aliphatic carbocycles. The van der Waals surface area contributed by atoms with Gasteiger partial charge in [0.05, 0.1) is 12.6 Å². The molecule has 2 amide bonds. The number of ether oxygens (including phenoxy) is 1. The Balaban J connectivity index is 1.73. The highest BCUT2D eigenvalue weighted by Crippen LogP contribution is 2.25. The Morgan fingerprint density at radius 3 is 2.91 bits per heavy atom. The van der Waals surface area contributed by atoms with E-state index in [1.54, 1.807) is 22.7 Å². The van der Waals surface area contributed by atoms with Gasteiger partial charge in [-0.1, -0.05) is 0 Å². The maximum Gasteiger partial charge on any atom is 0.274 e. The number of rotatable bonds is 2. The first-order chi connectivity index (χ1) is 11.0. The van der Waals surface area contributed by atoms with E-state index in [2.05, 4.69) is 5.10 Å². The summed E-state index contributed by atoms with van der Waals surface area (Å²) < 4.78 is 7.23. The number of piperidine rings is 1. The number of amides is 2. The Kier molecular flexibility index (Phi) is 4.39. The van der Waals surface area contributed by atoms with Gasteiger partial charge < -0.3 is 14.5 Å². The van der Waals surface area contributed by atoms with Crippen molar-refractivity contribution in [2.75, 3.05) is 33.4 Å². The molecule has 2 aliphatic heterocycles. The van der Waals surface area contributed by atoms with Crippen LogP contribution in [0.25, 0.3) is 0 Å². The van der Waals surface area contributed by atoms with E-state index in [1.165, 1.54) is 0 Å². The molecule has 126 valence electrons. The summed E-state index contributed by atoms with van der Waals surface area (Å²) in [6.45, 7) is 6.00. The van der Waals surface area contributed by atoms with Crippen LogP contribution < -0.4 is 0 Å². The molecule has 1 aromatic rings. The molecule has 2 aliphatic rings. The van der Waals surface area contributed by atoms with Gasteiger partial charge in [-0.25, -0.2) is 0 Å². The number of likely N-dealkylation sites (tertiary alicyclic amines) is 1. The second-order valence-electron chi connectivity index (χ2n) is 6.66. The predicted octanol–water partition coefficient (Wildman–Crippen LogP) is 0.783. The Labute approximate surface area is 136 Å². The van der Waals surface area contributed by atoms with Crippen molar-refractivity contribution in [1.82, 2.24) is 19.6 Å². The molecule has 0 N–H and O–H groups in total. The van der Waals surface area contributed by atoms with Gasteiger partial charge in [0.25, 0.3) is 5.91 Å². The second-order valence-corrected chi connectivity index (χ2v) is 6.66. The van der Waals surface area contributed by atoms with Crippen LogP contribution in [0.5, 0.6) is 0 Å². The van der Waals surface area contributed by atoms with Crippen molar-refractivity contribution >= 4 is 11.8 Å². The number of fused-ring (bicyclic) bond motifs is 1. The van der Waals surface area contributed by atoms with Crippen LogP contribution >= 0.6 is 0 Å². The average Bonchev–Trinajstić information content (AvgIpc) is 2.99. The van der Waals surface area contributed by atoms with Gasteiger partial charge in [0.1, 0.15) is 12.3 Å². The monoisotopic (exact) mass is 320 g/mol. The molecule has 0 saturated carbocycles. The molecule has 0 bridgehead atoms. The molecule has 0 aromatic carbocycles. The summed E-state index contributed by atoms with van der Waals surface area (Å²) in [6.07, 6.45) is 2.68. The Hall–Kier alpha value is -1.89. The van der Waals surface area contributed by atoms with Gasteiger partial charge in [-0.15, -0.1) is 0 Å². The highest BCUT2D eigenvalue weighted by Gasteiger charge is 2.38. The van der Waals surface area contributed by atoms with Crippen LogP contribution in [0.15, 0.2) is 12.3 Å². The van der Waals surface area contributed by atoms with Crippen molar-refractivity contribution < 1.29 is 14.3 Å². The SMILES string of the molecule is CC(C)n1ccc(C(=O)N2CC[C@H]3COCC(=O)N(C)[C@H]3C2)n1. The van der Waals surface area contributed by atoms with Crippen LogP contribution in [0.3, 0.4) is 0 Å². The van der Waals surface area contributed by atoms with E-state index in [-0.39, 0.29) is 30.5 Å². The van der Waals surface area contributed by atoms with E-state index < -0.39 is 0 Å². The zero-order chi connectivity index (χ0) is 16.6. The molecule has 0 unspecified atom stereocenters. The summed E-state index contributed by atoms with van der Waals surface area (Å²) in [4.78, 5) is 28.2. The number of likely N-dealkylation sites (N-methyl/N-ethyl adjacent to an activating group) is 1. The lowest BCUT2D eigenvalue weighted by Crippen LogP contribution is -2.54. The van der Waals surface area contributed by atoms with Gasteiger partial charge in [0.2, 0.25) is 5.91 Å². The molecule has 2 fully saturated rings. The van der Waals surface area contributed by atoms with Crippen LogP contribution in [0.4, 0.5) is 0 Å². The Morgan fingerprint density at radius 1 is 1.43 bits per heavy atom. The fraction of sp³-hybridized carbons (Fsp3) is 0.688. The minimum atomic E-state index is -0.0612. The molecule has 2 saturated heterocycles. The number of aromatic nitrogens is 2. The van der Waals surface area contributed by atoms with Crippen LogP contribution in [0, 0.1) is 5.92 Å².